The fourth-order valence-corrected chi connectivity index (χ4v) is 2.63. The molecule has 1 heterocycles. The maximum Gasteiger partial charge on any atom is 0.191 e. The molecule has 0 aliphatic carbocycles. The van der Waals surface area contributed by atoms with E-state index in [1.807, 2.05) is 17.9 Å². The lowest BCUT2D eigenvalue weighted by Crippen LogP contribution is -2.37. The maximum absolute atomic E-state index is 4.70. The molecule has 0 amide bonds. The summed E-state index contributed by atoms with van der Waals surface area (Å²) >= 11 is 0. The first-order valence-electron chi connectivity index (χ1n) is 8.64. The van der Waals surface area contributed by atoms with Crippen LogP contribution >= 0.6 is 0 Å². The number of guanidine groups is 1. The van der Waals surface area contributed by atoms with Crippen LogP contribution < -0.4 is 10.6 Å². The van der Waals surface area contributed by atoms with Crippen LogP contribution in [0.2, 0.25) is 0 Å². The maximum atomic E-state index is 4.70. The lowest BCUT2D eigenvalue weighted by Gasteiger charge is -2.12. The van der Waals surface area contributed by atoms with Crippen molar-refractivity contribution >= 4 is 5.96 Å². The van der Waals surface area contributed by atoms with Crippen LogP contribution in [0.25, 0.3) is 0 Å². The molecule has 0 aliphatic heterocycles. The van der Waals surface area contributed by atoms with Crippen molar-refractivity contribution in [3.05, 3.63) is 52.8 Å². The smallest absolute Gasteiger partial charge is 0.191 e. The molecule has 1 aromatic heterocycles. The first-order valence-corrected chi connectivity index (χ1v) is 8.64. The fourth-order valence-electron chi connectivity index (χ4n) is 2.63. The van der Waals surface area contributed by atoms with Crippen LogP contribution in [-0.4, -0.2) is 28.8 Å². The predicted molar refractivity (Wildman–Crippen MR) is 100 cm³/mol. The number of nitrogens with zero attached hydrogens (tertiary/aromatic N) is 3. The second-order valence-corrected chi connectivity index (χ2v) is 6.18. The molecule has 0 unspecified atom stereocenters. The first kappa shape index (κ1) is 18.0. The van der Waals surface area contributed by atoms with Crippen LogP contribution in [0.1, 0.15) is 35.6 Å². The Morgan fingerprint density at radius 2 is 2.08 bits per heavy atom. The standard InChI is InChI=1S/C19H29N5/c1-5-20-19(21-10-6-7-17-12-23-24(4)14-17)22-13-18-9-8-15(2)11-16(18)3/h8-9,11-12,14H,5-7,10,13H2,1-4H3,(H2,20,21,22). The van der Waals surface area contributed by atoms with Gasteiger partial charge in [0.05, 0.1) is 12.7 Å². The van der Waals surface area contributed by atoms with Gasteiger partial charge < -0.3 is 10.6 Å². The Labute approximate surface area is 145 Å². The van der Waals surface area contributed by atoms with E-state index in [1.54, 1.807) is 0 Å². The highest BCUT2D eigenvalue weighted by molar-refractivity contribution is 5.79. The van der Waals surface area contributed by atoms with E-state index in [1.165, 1.54) is 22.3 Å². The normalized spacial score (nSPS) is 11.6. The summed E-state index contributed by atoms with van der Waals surface area (Å²) < 4.78 is 1.85. The van der Waals surface area contributed by atoms with Crippen molar-refractivity contribution in [1.82, 2.24) is 20.4 Å². The van der Waals surface area contributed by atoms with E-state index in [0.29, 0.717) is 6.54 Å². The second-order valence-electron chi connectivity index (χ2n) is 6.18. The third-order valence-corrected chi connectivity index (χ3v) is 3.94. The number of nitrogens with one attached hydrogen (secondary N) is 2. The van der Waals surface area contributed by atoms with Gasteiger partial charge >= 0.3 is 0 Å². The van der Waals surface area contributed by atoms with Crippen molar-refractivity contribution in [3.63, 3.8) is 0 Å². The number of rotatable bonds is 7. The molecule has 2 rings (SSSR count). The van der Waals surface area contributed by atoms with Gasteiger partial charge in [-0.15, -0.1) is 0 Å². The molecule has 1 aromatic carbocycles. The largest absolute Gasteiger partial charge is 0.357 e. The number of aliphatic imine (C=N–C) groups is 1. The fraction of sp³-hybridized carbons (Fsp3) is 0.474. The zero-order valence-corrected chi connectivity index (χ0v) is 15.3. The van der Waals surface area contributed by atoms with E-state index in [0.717, 1.165) is 31.9 Å². The van der Waals surface area contributed by atoms with Crippen molar-refractivity contribution < 1.29 is 0 Å². The third-order valence-electron chi connectivity index (χ3n) is 3.94. The van der Waals surface area contributed by atoms with E-state index >= 15 is 0 Å². The van der Waals surface area contributed by atoms with E-state index < -0.39 is 0 Å². The lowest BCUT2D eigenvalue weighted by atomic mass is 10.1. The van der Waals surface area contributed by atoms with Gasteiger partial charge in [-0.3, -0.25) is 4.68 Å². The number of aromatic nitrogens is 2. The minimum absolute atomic E-state index is 0.698. The molecule has 5 heteroatoms. The molecule has 2 aromatic rings. The van der Waals surface area contributed by atoms with Crippen LogP contribution in [-0.2, 0) is 20.0 Å². The Balaban J connectivity index is 1.83. The SMILES string of the molecule is CCNC(=NCc1ccc(C)cc1C)NCCCc1cnn(C)c1. The van der Waals surface area contributed by atoms with Crippen molar-refractivity contribution in [2.75, 3.05) is 13.1 Å². The first-order chi connectivity index (χ1) is 11.6. The van der Waals surface area contributed by atoms with Crippen molar-refractivity contribution in [2.45, 2.75) is 40.2 Å². The summed E-state index contributed by atoms with van der Waals surface area (Å²) in [5, 5.41) is 10.9. The lowest BCUT2D eigenvalue weighted by molar-refractivity contribution is 0.740. The van der Waals surface area contributed by atoms with Crippen LogP contribution in [0.3, 0.4) is 0 Å². The number of hydrogen-bond donors (Lipinski definition) is 2. The van der Waals surface area contributed by atoms with Gasteiger partial charge in [-0.25, -0.2) is 4.99 Å². The molecule has 130 valence electrons. The topological polar surface area (TPSA) is 54.2 Å². The molecule has 2 N–H and O–H groups in total. The van der Waals surface area contributed by atoms with Gasteiger partial charge in [-0.05, 0) is 50.3 Å². The van der Waals surface area contributed by atoms with E-state index in [9.17, 15) is 0 Å². The molecule has 0 aliphatic rings. The Morgan fingerprint density at radius 3 is 2.75 bits per heavy atom. The summed E-state index contributed by atoms with van der Waals surface area (Å²) in [5.41, 5.74) is 5.14. The Kier molecular flexibility index (Phi) is 6.85. The second kappa shape index (κ2) is 9.11. The van der Waals surface area contributed by atoms with Crippen LogP contribution in [0.4, 0.5) is 0 Å². The monoisotopic (exact) mass is 327 g/mol. The molecule has 0 spiro atoms. The molecular formula is C19H29N5. The molecule has 24 heavy (non-hydrogen) atoms. The number of aryl methyl sites for hydroxylation is 4. The van der Waals surface area contributed by atoms with E-state index in [2.05, 4.69) is 60.9 Å². The molecule has 0 saturated carbocycles. The van der Waals surface area contributed by atoms with Gasteiger partial charge in [0.1, 0.15) is 0 Å². The minimum atomic E-state index is 0.698. The average molecular weight is 327 g/mol. The van der Waals surface area contributed by atoms with Gasteiger partial charge in [-0.1, -0.05) is 23.8 Å². The molecule has 0 radical (unpaired) electrons. The van der Waals surface area contributed by atoms with Gasteiger partial charge in [0, 0.05) is 26.3 Å². The van der Waals surface area contributed by atoms with Crippen LogP contribution in [0.15, 0.2) is 35.6 Å². The van der Waals surface area contributed by atoms with Crippen molar-refractivity contribution in [1.29, 1.82) is 0 Å². The zero-order valence-electron chi connectivity index (χ0n) is 15.3. The summed E-state index contributed by atoms with van der Waals surface area (Å²) in [6.45, 7) is 8.81. The highest BCUT2D eigenvalue weighted by Crippen LogP contribution is 2.11. The summed E-state index contributed by atoms with van der Waals surface area (Å²) in [6, 6.07) is 6.52. The Bertz CT molecular complexity index is 672. The van der Waals surface area contributed by atoms with Crippen molar-refractivity contribution in [3.8, 4) is 0 Å². The third kappa shape index (κ3) is 5.72. The van der Waals surface area contributed by atoms with Crippen LogP contribution in [0, 0.1) is 13.8 Å². The predicted octanol–water partition coefficient (Wildman–Crippen LogP) is 2.72. The van der Waals surface area contributed by atoms with Gasteiger partial charge in [0.2, 0.25) is 0 Å². The Hall–Kier alpha value is -2.30. The highest BCUT2D eigenvalue weighted by atomic mass is 15.2. The van der Waals surface area contributed by atoms with Gasteiger partial charge in [-0.2, -0.15) is 5.10 Å². The Morgan fingerprint density at radius 1 is 1.25 bits per heavy atom. The molecular weight excluding hydrogens is 298 g/mol. The highest BCUT2D eigenvalue weighted by Gasteiger charge is 2.01. The molecule has 0 saturated heterocycles. The summed E-state index contributed by atoms with van der Waals surface area (Å²) in [7, 11) is 1.95. The van der Waals surface area contributed by atoms with Crippen LogP contribution in [0.5, 0.6) is 0 Å². The molecule has 0 fully saturated rings. The van der Waals surface area contributed by atoms with Gasteiger partial charge in [0.15, 0.2) is 5.96 Å². The number of benzene rings is 1. The average Bonchev–Trinajstić information content (AvgIpc) is 2.96. The van der Waals surface area contributed by atoms with Gasteiger partial charge in [0.25, 0.3) is 0 Å². The summed E-state index contributed by atoms with van der Waals surface area (Å²) in [5.74, 6) is 0.878. The summed E-state index contributed by atoms with van der Waals surface area (Å²) in [4.78, 5) is 4.70. The molecule has 0 atom stereocenters. The van der Waals surface area contributed by atoms with E-state index in [4.69, 9.17) is 4.99 Å². The minimum Gasteiger partial charge on any atom is -0.357 e. The van der Waals surface area contributed by atoms with Crippen molar-refractivity contribution in [2.24, 2.45) is 12.0 Å². The molecule has 0 bridgehead atoms. The molecule has 5 nitrogen and oxygen atoms in total. The van der Waals surface area contributed by atoms with E-state index in [-0.39, 0.29) is 0 Å². The quantitative estimate of drug-likeness (QED) is 0.467. The zero-order chi connectivity index (χ0) is 17.4. The number of hydrogen-bond acceptors (Lipinski definition) is 2. The summed E-state index contributed by atoms with van der Waals surface area (Å²) in [6.07, 6.45) is 6.08.